The molecule has 0 saturated carbocycles. The summed E-state index contributed by atoms with van der Waals surface area (Å²) in [6.07, 6.45) is 2.80. The van der Waals surface area contributed by atoms with Crippen molar-refractivity contribution in [3.8, 4) is 11.6 Å². The molecule has 0 fully saturated rings. The standard InChI is InChI=1S/C19H16ClN3O4/c1-26-18-7-6-13(9-22-18)23-19(25)15-8-16(24)17(10-21-15)27-11-12-4-2-3-5-14(12)20/h2-10H,11H2,1H3,(H,21,24)(H,23,25). The Bertz CT molecular complexity index is 1000. The van der Waals surface area contributed by atoms with Gasteiger partial charge in [-0.05, 0) is 12.1 Å². The summed E-state index contributed by atoms with van der Waals surface area (Å²) in [4.78, 5) is 31.2. The van der Waals surface area contributed by atoms with E-state index in [1.165, 1.54) is 25.6 Å². The van der Waals surface area contributed by atoms with Gasteiger partial charge in [-0.1, -0.05) is 29.8 Å². The van der Waals surface area contributed by atoms with Gasteiger partial charge in [0.25, 0.3) is 5.91 Å². The minimum Gasteiger partial charge on any atom is -0.483 e. The van der Waals surface area contributed by atoms with Gasteiger partial charge in [-0.15, -0.1) is 0 Å². The van der Waals surface area contributed by atoms with Gasteiger partial charge in [0.05, 0.1) is 19.0 Å². The fourth-order valence-corrected chi connectivity index (χ4v) is 2.44. The molecule has 2 aromatic heterocycles. The zero-order valence-electron chi connectivity index (χ0n) is 14.4. The highest BCUT2D eigenvalue weighted by Gasteiger charge is 2.11. The summed E-state index contributed by atoms with van der Waals surface area (Å²) in [5.41, 5.74) is 0.910. The molecule has 2 heterocycles. The van der Waals surface area contributed by atoms with Crippen LogP contribution in [-0.2, 0) is 6.61 Å². The highest BCUT2D eigenvalue weighted by Crippen LogP contribution is 2.17. The maximum Gasteiger partial charge on any atom is 0.272 e. The molecular weight excluding hydrogens is 370 g/mol. The van der Waals surface area contributed by atoms with Crippen molar-refractivity contribution in [1.29, 1.82) is 0 Å². The number of hydrogen-bond acceptors (Lipinski definition) is 5. The number of rotatable bonds is 6. The van der Waals surface area contributed by atoms with Crippen LogP contribution in [0.25, 0.3) is 0 Å². The average Bonchev–Trinajstić information content (AvgIpc) is 2.68. The van der Waals surface area contributed by atoms with Crippen molar-refractivity contribution in [3.63, 3.8) is 0 Å². The molecule has 3 aromatic rings. The Hall–Kier alpha value is -3.32. The van der Waals surface area contributed by atoms with Gasteiger partial charge in [0.2, 0.25) is 11.3 Å². The van der Waals surface area contributed by atoms with Crippen LogP contribution in [0.3, 0.4) is 0 Å². The van der Waals surface area contributed by atoms with E-state index in [1.54, 1.807) is 24.3 Å². The van der Waals surface area contributed by atoms with Gasteiger partial charge in [0.1, 0.15) is 12.3 Å². The van der Waals surface area contributed by atoms with E-state index in [-0.39, 0.29) is 18.1 Å². The lowest BCUT2D eigenvalue weighted by molar-refractivity contribution is 0.102. The van der Waals surface area contributed by atoms with Crippen molar-refractivity contribution < 1.29 is 14.3 Å². The van der Waals surface area contributed by atoms with Crippen LogP contribution >= 0.6 is 11.6 Å². The summed E-state index contributed by atoms with van der Waals surface area (Å²) in [7, 11) is 1.50. The van der Waals surface area contributed by atoms with Crippen LogP contribution in [0.5, 0.6) is 11.6 Å². The molecule has 0 aliphatic carbocycles. The molecule has 0 atom stereocenters. The summed E-state index contributed by atoms with van der Waals surface area (Å²) in [6, 6.07) is 11.6. The van der Waals surface area contributed by atoms with Crippen LogP contribution in [0.4, 0.5) is 5.69 Å². The minimum absolute atomic E-state index is 0.0950. The summed E-state index contributed by atoms with van der Waals surface area (Å²) in [5.74, 6) is 0.0516. The Labute approximate surface area is 159 Å². The quantitative estimate of drug-likeness (QED) is 0.679. The number of nitrogens with zero attached hydrogens (tertiary/aromatic N) is 1. The van der Waals surface area contributed by atoms with Crippen LogP contribution in [-0.4, -0.2) is 23.0 Å². The van der Waals surface area contributed by atoms with E-state index < -0.39 is 11.3 Å². The molecule has 3 rings (SSSR count). The van der Waals surface area contributed by atoms with Crippen molar-refractivity contribution in [2.75, 3.05) is 12.4 Å². The minimum atomic E-state index is -0.475. The molecule has 0 bridgehead atoms. The first-order valence-corrected chi connectivity index (χ1v) is 8.35. The van der Waals surface area contributed by atoms with E-state index >= 15 is 0 Å². The summed E-state index contributed by atoms with van der Waals surface area (Å²) in [5, 5.41) is 3.19. The molecule has 7 nitrogen and oxygen atoms in total. The molecule has 1 aromatic carbocycles. The number of amides is 1. The Kier molecular flexibility index (Phi) is 5.73. The summed E-state index contributed by atoms with van der Waals surface area (Å²) < 4.78 is 10.5. The Morgan fingerprint density at radius 2 is 2.07 bits per heavy atom. The monoisotopic (exact) mass is 385 g/mol. The third-order valence-corrected chi connectivity index (χ3v) is 4.03. The molecule has 0 radical (unpaired) electrons. The lowest BCUT2D eigenvalue weighted by atomic mass is 10.2. The molecule has 138 valence electrons. The van der Waals surface area contributed by atoms with E-state index in [9.17, 15) is 9.59 Å². The Morgan fingerprint density at radius 3 is 2.74 bits per heavy atom. The van der Waals surface area contributed by atoms with E-state index in [0.717, 1.165) is 5.56 Å². The predicted octanol–water partition coefficient (Wildman–Crippen LogP) is 3.26. The number of halogens is 1. The van der Waals surface area contributed by atoms with Gasteiger partial charge >= 0.3 is 0 Å². The number of ether oxygens (including phenoxy) is 2. The molecule has 27 heavy (non-hydrogen) atoms. The van der Waals surface area contributed by atoms with Crippen LogP contribution in [0.15, 0.2) is 59.7 Å². The highest BCUT2D eigenvalue weighted by molar-refractivity contribution is 6.31. The van der Waals surface area contributed by atoms with Gasteiger partial charge in [0, 0.05) is 28.9 Å². The lowest BCUT2D eigenvalue weighted by Crippen LogP contribution is -2.18. The Morgan fingerprint density at radius 1 is 1.26 bits per heavy atom. The number of aromatic amines is 1. The smallest absolute Gasteiger partial charge is 0.272 e. The van der Waals surface area contributed by atoms with E-state index in [0.29, 0.717) is 16.6 Å². The predicted molar refractivity (Wildman–Crippen MR) is 102 cm³/mol. The SMILES string of the molecule is COc1ccc(NC(=O)c2cc(=O)c(OCc3ccccc3Cl)c[nH]2)cn1. The van der Waals surface area contributed by atoms with E-state index in [4.69, 9.17) is 21.1 Å². The summed E-state index contributed by atoms with van der Waals surface area (Å²) in [6.45, 7) is 0.145. The molecule has 2 N–H and O–H groups in total. The first kappa shape index (κ1) is 18.5. The third-order valence-electron chi connectivity index (χ3n) is 3.67. The van der Waals surface area contributed by atoms with Crippen molar-refractivity contribution in [1.82, 2.24) is 9.97 Å². The number of benzene rings is 1. The average molecular weight is 386 g/mol. The highest BCUT2D eigenvalue weighted by atomic mass is 35.5. The Balaban J connectivity index is 1.67. The molecular formula is C19H16ClN3O4. The van der Waals surface area contributed by atoms with Crippen molar-refractivity contribution in [3.05, 3.63) is 81.4 Å². The number of carbonyl (C=O) groups excluding carboxylic acids is 1. The van der Waals surface area contributed by atoms with Crippen molar-refractivity contribution in [2.45, 2.75) is 6.61 Å². The normalized spacial score (nSPS) is 10.3. The second kappa shape index (κ2) is 8.37. The molecule has 0 unspecified atom stereocenters. The third kappa shape index (κ3) is 4.65. The number of aromatic nitrogens is 2. The van der Waals surface area contributed by atoms with Crippen LogP contribution in [0, 0.1) is 0 Å². The maximum atomic E-state index is 12.3. The molecule has 1 amide bonds. The molecule has 8 heteroatoms. The first-order chi connectivity index (χ1) is 13.1. The molecule has 0 aliphatic rings. The van der Waals surface area contributed by atoms with Gasteiger partial charge in [-0.3, -0.25) is 9.59 Å². The molecule has 0 spiro atoms. The van der Waals surface area contributed by atoms with Gasteiger partial charge < -0.3 is 19.8 Å². The number of methoxy groups -OCH3 is 1. The number of hydrogen-bond donors (Lipinski definition) is 2. The topological polar surface area (TPSA) is 93.3 Å². The van der Waals surface area contributed by atoms with Gasteiger partial charge in [0.15, 0.2) is 5.75 Å². The zero-order valence-corrected chi connectivity index (χ0v) is 15.1. The lowest BCUT2D eigenvalue weighted by Gasteiger charge is -2.09. The van der Waals surface area contributed by atoms with Crippen LogP contribution < -0.4 is 20.2 Å². The second-order valence-electron chi connectivity index (χ2n) is 5.50. The van der Waals surface area contributed by atoms with E-state index in [1.807, 2.05) is 12.1 Å². The fraction of sp³-hybridized carbons (Fsp3) is 0.105. The zero-order chi connectivity index (χ0) is 19.2. The number of anilines is 1. The first-order valence-electron chi connectivity index (χ1n) is 7.97. The van der Waals surface area contributed by atoms with Gasteiger partial charge in [-0.2, -0.15) is 0 Å². The van der Waals surface area contributed by atoms with Crippen LogP contribution in [0.2, 0.25) is 5.02 Å². The summed E-state index contributed by atoms with van der Waals surface area (Å²) >= 11 is 6.06. The largest absolute Gasteiger partial charge is 0.483 e. The van der Waals surface area contributed by atoms with Crippen LogP contribution in [0.1, 0.15) is 16.1 Å². The maximum absolute atomic E-state index is 12.3. The number of carbonyl (C=O) groups is 1. The van der Waals surface area contributed by atoms with Gasteiger partial charge in [-0.25, -0.2) is 4.98 Å². The van der Waals surface area contributed by atoms with E-state index in [2.05, 4.69) is 15.3 Å². The molecule has 0 aliphatic heterocycles. The molecule has 0 saturated heterocycles. The number of pyridine rings is 2. The van der Waals surface area contributed by atoms with Crippen molar-refractivity contribution >= 4 is 23.2 Å². The number of H-pyrrole nitrogens is 1. The van der Waals surface area contributed by atoms with Crippen molar-refractivity contribution in [2.24, 2.45) is 0 Å². The number of nitrogens with one attached hydrogen (secondary N) is 2. The fourth-order valence-electron chi connectivity index (χ4n) is 2.25. The second-order valence-corrected chi connectivity index (χ2v) is 5.91.